The number of carbonyl (C=O) groups excluding carboxylic acids is 5. The van der Waals surface area contributed by atoms with Gasteiger partial charge in [-0.3, -0.25) is 4.79 Å². The Labute approximate surface area is 215 Å². The van der Waals surface area contributed by atoms with Crippen LogP contribution in [-0.4, -0.2) is 85.9 Å². The van der Waals surface area contributed by atoms with E-state index in [4.69, 9.17) is 19.0 Å². The van der Waals surface area contributed by atoms with Gasteiger partial charge in [0.05, 0.1) is 13.7 Å². The molecule has 1 heterocycles. The van der Waals surface area contributed by atoms with Crippen LogP contribution >= 0.6 is 0 Å². The minimum atomic E-state index is -1.22. The van der Waals surface area contributed by atoms with Gasteiger partial charge >= 0.3 is 18.2 Å². The molecule has 222 valence electrons. The zero-order chi connectivity index (χ0) is 28.4. The molecule has 1 fully saturated rings. The van der Waals surface area contributed by atoms with Crippen molar-refractivity contribution in [2.75, 3.05) is 33.3 Å². The number of unbranched alkanes of at least 4 members (excludes halogenated alkanes) is 1. The Kier molecular flexibility index (Phi) is 18.5. The van der Waals surface area contributed by atoms with Crippen LogP contribution in [0.15, 0.2) is 0 Å². The first-order chi connectivity index (χ1) is 16.6. The van der Waals surface area contributed by atoms with Crippen LogP contribution in [0.4, 0.5) is 9.59 Å². The molecule has 13 heteroatoms. The molecule has 1 saturated heterocycles. The molecule has 4 amide bonds. The number of nitrogens with zero attached hydrogens (tertiary/aromatic N) is 1. The molecule has 1 atom stereocenters. The van der Waals surface area contributed by atoms with E-state index in [2.05, 4.69) is 22.9 Å². The molecule has 12 nitrogen and oxygen atoms in total. The molecule has 0 radical (unpaired) electrons. The Morgan fingerprint density at radius 3 is 1.92 bits per heavy atom. The standard InChI is InChI=1S/C12H20N2O5.C9H19NO2.C3H6NO.Fm/c1-11(2,3)19-10(17)13-12(9(16)18-4)5-6-14(7-12)8-15;1-5-6-7-10-8(11)12-9(2,3)4;1-2-4-3-5;/h8H,5-7H2,1-4H3,(H,13,17);5-7H2,1-4H3,(H,10,11);2H2,1H3,(H,4,5);/q;;-1;. The predicted octanol–water partition coefficient (Wildman–Crippen LogP) is 2.26. The third-order valence-corrected chi connectivity index (χ3v) is 4.21. The summed E-state index contributed by atoms with van der Waals surface area (Å²) in [7, 11) is 1.24. The molecule has 0 bridgehead atoms. The summed E-state index contributed by atoms with van der Waals surface area (Å²) < 4.78 is 14.9. The predicted molar refractivity (Wildman–Crippen MR) is 135 cm³/mol. The SMILES string of the molecule is CCCCNC(=O)OC(C)(C)C.CCN[C-]=O.COC(=O)C1(NC(=O)OC(C)(C)C)CCN(C=O)C1.[Fm]. The number of esters is 1. The minimum Gasteiger partial charge on any atom is -0.530 e. The van der Waals surface area contributed by atoms with Crippen molar-refractivity contribution >= 4 is 31.0 Å². The summed E-state index contributed by atoms with van der Waals surface area (Å²) in [6.45, 7) is 16.5. The van der Waals surface area contributed by atoms with E-state index in [1.54, 1.807) is 20.8 Å². The van der Waals surface area contributed by atoms with Gasteiger partial charge in [-0.05, 0) is 54.5 Å². The Morgan fingerprint density at radius 2 is 1.57 bits per heavy atom. The Morgan fingerprint density at radius 1 is 1.03 bits per heavy atom. The summed E-state index contributed by atoms with van der Waals surface area (Å²) in [5.74, 6) is -0.581. The van der Waals surface area contributed by atoms with Crippen LogP contribution < -0.4 is 16.0 Å². The fraction of sp³-hybridized carbons (Fsp3) is 0.792. The smallest absolute Gasteiger partial charge is 0.408 e. The second-order valence-corrected chi connectivity index (χ2v) is 9.94. The molecule has 0 spiro atoms. The Bertz CT molecular complexity index is 695. The van der Waals surface area contributed by atoms with Crippen LogP contribution in [0.3, 0.4) is 0 Å². The summed E-state index contributed by atoms with van der Waals surface area (Å²) in [6, 6.07) is 0. The van der Waals surface area contributed by atoms with E-state index in [1.165, 1.54) is 18.4 Å². The normalized spacial score (nSPS) is 16.2. The maximum Gasteiger partial charge on any atom is 0.408 e. The Hall–Kier alpha value is -4.05. The van der Waals surface area contributed by atoms with Gasteiger partial charge in [-0.2, -0.15) is 6.41 Å². The van der Waals surface area contributed by atoms with E-state index in [0.717, 1.165) is 12.8 Å². The van der Waals surface area contributed by atoms with E-state index in [9.17, 15) is 19.2 Å². The number of hydrogen-bond acceptors (Lipinski definition) is 8. The maximum absolute atomic E-state index is 11.9. The first-order valence-corrected chi connectivity index (χ1v) is 12.0. The largest absolute Gasteiger partial charge is 0.530 e. The molecule has 37 heavy (non-hydrogen) atoms. The quantitative estimate of drug-likeness (QED) is 0.0849. The van der Waals surface area contributed by atoms with Crippen LogP contribution in [-0.2, 0) is 28.6 Å². The molecule has 1 aliphatic rings. The first kappa shape index (κ1) is 37.5. The summed E-state index contributed by atoms with van der Waals surface area (Å²) >= 11 is 0. The number of nitrogens with one attached hydrogen (secondary N) is 3. The number of alkyl carbamates (subject to hydrolysis) is 2. The van der Waals surface area contributed by atoms with Gasteiger partial charge in [0.2, 0.25) is 6.41 Å². The van der Waals surface area contributed by atoms with E-state index in [1.807, 2.05) is 27.7 Å². The zero-order valence-electron chi connectivity index (χ0n) is 23.5. The molecule has 1 aliphatic heterocycles. The van der Waals surface area contributed by atoms with Crippen molar-refractivity contribution in [3.63, 3.8) is 0 Å². The molecule has 0 aliphatic carbocycles. The fourth-order valence-electron chi connectivity index (χ4n) is 2.70. The van der Waals surface area contributed by atoms with Gasteiger partial charge in [0.1, 0.15) is 11.2 Å². The molecule has 1 unspecified atom stereocenters. The second kappa shape index (κ2) is 18.3. The zero-order valence-corrected chi connectivity index (χ0v) is 25.9. The number of ether oxygens (including phenoxy) is 3. The second-order valence-electron chi connectivity index (χ2n) is 9.94. The Balaban J connectivity index is -0.000000551. The fourth-order valence-corrected chi connectivity index (χ4v) is 2.70. The molecule has 0 saturated carbocycles. The first-order valence-electron chi connectivity index (χ1n) is 12.0. The van der Waals surface area contributed by atoms with Gasteiger partial charge in [0.25, 0.3) is 0 Å². The van der Waals surface area contributed by atoms with Crippen LogP contribution in [0.1, 0.15) is 74.7 Å². The van der Waals surface area contributed by atoms with Gasteiger partial charge in [-0.1, -0.05) is 20.3 Å². The van der Waals surface area contributed by atoms with E-state index in [0.29, 0.717) is 32.5 Å². The minimum absolute atomic E-state index is 0. The summed E-state index contributed by atoms with van der Waals surface area (Å²) in [5, 5.41) is 7.51. The maximum atomic E-state index is 11.9. The van der Waals surface area contributed by atoms with Crippen molar-refractivity contribution in [3.8, 4) is 0 Å². The van der Waals surface area contributed by atoms with Crippen molar-refractivity contribution in [1.29, 1.82) is 0 Å². The molecule has 0 aromatic rings. The summed E-state index contributed by atoms with van der Waals surface area (Å²) in [5.41, 5.74) is -2.28. The van der Waals surface area contributed by atoms with Crippen LogP contribution in [0.5, 0.6) is 0 Å². The summed E-state index contributed by atoms with van der Waals surface area (Å²) in [4.78, 5) is 56.0. The number of rotatable bonds is 8. The topological polar surface area (TPSA) is 152 Å². The van der Waals surface area contributed by atoms with Gasteiger partial charge in [0, 0.05) is 19.5 Å². The van der Waals surface area contributed by atoms with Crippen molar-refractivity contribution in [2.45, 2.75) is 91.4 Å². The average Bonchev–Trinajstić information content (AvgIpc) is 3.16. The number of hydrogen-bond donors (Lipinski definition) is 3. The van der Waals surface area contributed by atoms with Gasteiger partial charge < -0.3 is 39.9 Å². The van der Waals surface area contributed by atoms with Crippen molar-refractivity contribution in [2.24, 2.45) is 0 Å². The van der Waals surface area contributed by atoms with Crippen molar-refractivity contribution in [1.82, 2.24) is 20.9 Å². The molecule has 3 N–H and O–H groups in total. The van der Waals surface area contributed by atoms with Gasteiger partial charge in [-0.15, -0.1) is 0 Å². The van der Waals surface area contributed by atoms with E-state index in [-0.39, 0.29) is 12.6 Å². The number of amides is 4. The summed E-state index contributed by atoms with van der Waals surface area (Å²) in [6.07, 6.45) is 3.51. The van der Waals surface area contributed by atoms with Crippen molar-refractivity contribution in [3.05, 3.63) is 0 Å². The molecular formula is C24H45FmN4O8-. The van der Waals surface area contributed by atoms with Crippen LogP contribution in [0.2, 0.25) is 0 Å². The molecule has 1 rings (SSSR count). The number of likely N-dealkylation sites (tertiary alicyclic amines) is 1. The van der Waals surface area contributed by atoms with Crippen LogP contribution in [0.25, 0.3) is 0 Å². The molecule has 0 aromatic carbocycles. The van der Waals surface area contributed by atoms with E-state index >= 15 is 0 Å². The van der Waals surface area contributed by atoms with Crippen LogP contribution in [0, 0.1) is 0 Å². The third kappa shape index (κ3) is 18.9. The molecule has 0 aromatic heterocycles. The molecular weight excluding hydrogens is 729 g/mol. The van der Waals surface area contributed by atoms with Gasteiger partial charge in [0.15, 0.2) is 5.54 Å². The van der Waals surface area contributed by atoms with Crippen molar-refractivity contribution < 1.29 is 38.2 Å². The average molecular weight is 775 g/mol. The number of methoxy groups -OCH3 is 1. The van der Waals surface area contributed by atoms with Gasteiger partial charge in [-0.25, -0.2) is 14.4 Å². The third-order valence-electron chi connectivity index (χ3n) is 4.21. The monoisotopic (exact) mass is 774 g/mol. The number of carbonyl (C=O) groups is 4. The van der Waals surface area contributed by atoms with E-state index < -0.39 is 28.8 Å².